The van der Waals surface area contributed by atoms with Crippen LogP contribution in [0.1, 0.15) is 38.2 Å². The predicted octanol–water partition coefficient (Wildman–Crippen LogP) is 4.07. The molecule has 0 aliphatic heterocycles. The van der Waals surface area contributed by atoms with Crippen LogP contribution in [0.25, 0.3) is 0 Å². The SMILES string of the molecule is CC1CCCC(O)(Cc2cc(F)cc(Br)c2)C1. The highest BCUT2D eigenvalue weighted by Crippen LogP contribution is 2.35. The fourth-order valence-corrected chi connectivity index (χ4v) is 3.40. The summed E-state index contributed by atoms with van der Waals surface area (Å²) in [5, 5.41) is 10.5. The fraction of sp³-hybridized carbons (Fsp3) is 0.571. The Morgan fingerprint density at radius 1 is 1.47 bits per heavy atom. The van der Waals surface area contributed by atoms with Crippen LogP contribution in [0.3, 0.4) is 0 Å². The number of benzene rings is 1. The van der Waals surface area contributed by atoms with Crippen LogP contribution >= 0.6 is 15.9 Å². The Morgan fingerprint density at radius 3 is 2.88 bits per heavy atom. The Morgan fingerprint density at radius 2 is 2.24 bits per heavy atom. The Bertz CT molecular complexity index is 387. The van der Waals surface area contributed by atoms with Gasteiger partial charge in [0.25, 0.3) is 0 Å². The van der Waals surface area contributed by atoms with Crippen molar-refractivity contribution >= 4 is 15.9 Å². The fourth-order valence-electron chi connectivity index (χ4n) is 2.89. The molecular formula is C14H18BrFO. The Hall–Kier alpha value is -0.410. The molecule has 0 heterocycles. The lowest BCUT2D eigenvalue weighted by atomic mass is 9.76. The lowest BCUT2D eigenvalue weighted by Crippen LogP contribution is -2.36. The average molecular weight is 301 g/mol. The quantitative estimate of drug-likeness (QED) is 0.873. The van der Waals surface area contributed by atoms with E-state index in [-0.39, 0.29) is 5.82 Å². The van der Waals surface area contributed by atoms with E-state index < -0.39 is 5.60 Å². The molecule has 2 atom stereocenters. The maximum atomic E-state index is 13.3. The van der Waals surface area contributed by atoms with E-state index in [1.165, 1.54) is 18.6 Å². The summed E-state index contributed by atoms with van der Waals surface area (Å²) in [5.41, 5.74) is 0.221. The van der Waals surface area contributed by atoms with Crippen LogP contribution in [0, 0.1) is 11.7 Å². The molecule has 1 N–H and O–H groups in total. The summed E-state index contributed by atoms with van der Waals surface area (Å²) in [5.74, 6) is 0.313. The topological polar surface area (TPSA) is 20.2 Å². The number of halogens is 2. The molecule has 17 heavy (non-hydrogen) atoms. The van der Waals surface area contributed by atoms with E-state index in [9.17, 15) is 9.50 Å². The van der Waals surface area contributed by atoms with Gasteiger partial charge in [0.05, 0.1) is 5.60 Å². The lowest BCUT2D eigenvalue weighted by molar-refractivity contribution is -0.0124. The number of rotatable bonds is 2. The van der Waals surface area contributed by atoms with Crippen LogP contribution in [0.5, 0.6) is 0 Å². The van der Waals surface area contributed by atoms with E-state index in [1.807, 2.05) is 6.07 Å². The van der Waals surface area contributed by atoms with Crippen LogP contribution in [0.2, 0.25) is 0 Å². The van der Waals surface area contributed by atoms with Gasteiger partial charge in [-0.1, -0.05) is 35.7 Å². The Labute approximate surface area is 110 Å². The number of hydrogen-bond acceptors (Lipinski definition) is 1. The highest BCUT2D eigenvalue weighted by Gasteiger charge is 2.32. The second kappa shape index (κ2) is 5.07. The normalized spacial score (nSPS) is 29.3. The van der Waals surface area contributed by atoms with Gasteiger partial charge in [-0.3, -0.25) is 0 Å². The van der Waals surface area contributed by atoms with Crippen molar-refractivity contribution in [3.63, 3.8) is 0 Å². The molecule has 0 amide bonds. The van der Waals surface area contributed by atoms with Gasteiger partial charge in [0.15, 0.2) is 0 Å². The van der Waals surface area contributed by atoms with Crippen molar-refractivity contribution in [2.75, 3.05) is 0 Å². The van der Waals surface area contributed by atoms with Gasteiger partial charge in [-0.2, -0.15) is 0 Å². The zero-order valence-corrected chi connectivity index (χ0v) is 11.6. The molecule has 2 unspecified atom stereocenters. The minimum absolute atomic E-state index is 0.248. The molecule has 1 aromatic carbocycles. The maximum absolute atomic E-state index is 13.3. The molecule has 0 saturated heterocycles. The first kappa shape index (κ1) is 13.0. The summed E-state index contributed by atoms with van der Waals surface area (Å²) in [6.07, 6.45) is 4.45. The van der Waals surface area contributed by atoms with Crippen molar-refractivity contribution in [3.8, 4) is 0 Å². The smallest absolute Gasteiger partial charge is 0.124 e. The largest absolute Gasteiger partial charge is 0.390 e. The zero-order chi connectivity index (χ0) is 12.5. The van der Waals surface area contributed by atoms with Crippen molar-refractivity contribution in [2.24, 2.45) is 5.92 Å². The molecule has 1 fully saturated rings. The first-order valence-corrected chi connectivity index (χ1v) is 6.93. The van der Waals surface area contributed by atoms with E-state index >= 15 is 0 Å². The summed E-state index contributed by atoms with van der Waals surface area (Å²) in [4.78, 5) is 0. The van der Waals surface area contributed by atoms with Crippen LogP contribution in [-0.4, -0.2) is 10.7 Å². The molecule has 1 aliphatic carbocycles. The van der Waals surface area contributed by atoms with E-state index in [1.54, 1.807) is 0 Å². The van der Waals surface area contributed by atoms with Crippen molar-refractivity contribution in [1.29, 1.82) is 0 Å². The highest BCUT2D eigenvalue weighted by molar-refractivity contribution is 9.10. The minimum Gasteiger partial charge on any atom is -0.390 e. The molecule has 0 bridgehead atoms. The highest BCUT2D eigenvalue weighted by atomic mass is 79.9. The van der Waals surface area contributed by atoms with Crippen LogP contribution < -0.4 is 0 Å². The summed E-state index contributed by atoms with van der Waals surface area (Å²) in [6.45, 7) is 2.17. The summed E-state index contributed by atoms with van der Waals surface area (Å²) >= 11 is 3.29. The van der Waals surface area contributed by atoms with Crippen molar-refractivity contribution in [1.82, 2.24) is 0 Å². The molecule has 3 heteroatoms. The van der Waals surface area contributed by atoms with Gasteiger partial charge < -0.3 is 5.11 Å². The van der Waals surface area contributed by atoms with Gasteiger partial charge in [-0.15, -0.1) is 0 Å². The van der Waals surface area contributed by atoms with E-state index in [0.29, 0.717) is 12.3 Å². The van der Waals surface area contributed by atoms with E-state index in [0.717, 1.165) is 29.3 Å². The second-order valence-corrected chi connectivity index (χ2v) is 6.30. The van der Waals surface area contributed by atoms with Gasteiger partial charge in [0, 0.05) is 10.9 Å². The predicted molar refractivity (Wildman–Crippen MR) is 70.4 cm³/mol. The molecule has 1 aliphatic rings. The van der Waals surface area contributed by atoms with Crippen molar-refractivity contribution in [3.05, 3.63) is 34.1 Å². The molecular weight excluding hydrogens is 283 g/mol. The Kier molecular flexibility index (Phi) is 3.88. The first-order chi connectivity index (χ1) is 7.97. The third-order valence-corrected chi connectivity index (χ3v) is 3.98. The average Bonchev–Trinajstić information content (AvgIpc) is 2.13. The van der Waals surface area contributed by atoms with E-state index in [2.05, 4.69) is 22.9 Å². The molecule has 0 radical (unpaired) electrons. The second-order valence-electron chi connectivity index (χ2n) is 5.38. The molecule has 1 nitrogen and oxygen atoms in total. The van der Waals surface area contributed by atoms with E-state index in [4.69, 9.17) is 0 Å². The number of aliphatic hydroxyl groups is 1. The van der Waals surface area contributed by atoms with Crippen molar-refractivity contribution in [2.45, 2.75) is 44.6 Å². The molecule has 2 rings (SSSR count). The van der Waals surface area contributed by atoms with Gasteiger partial charge in [-0.25, -0.2) is 4.39 Å². The monoisotopic (exact) mass is 300 g/mol. The molecule has 0 aromatic heterocycles. The third kappa shape index (κ3) is 3.52. The van der Waals surface area contributed by atoms with Crippen LogP contribution in [-0.2, 0) is 6.42 Å². The van der Waals surface area contributed by atoms with Crippen LogP contribution in [0.15, 0.2) is 22.7 Å². The molecule has 1 saturated carbocycles. The number of hydrogen-bond donors (Lipinski definition) is 1. The summed E-state index contributed by atoms with van der Waals surface area (Å²) < 4.78 is 14.0. The van der Waals surface area contributed by atoms with Gasteiger partial charge >= 0.3 is 0 Å². The van der Waals surface area contributed by atoms with Gasteiger partial charge in [0.1, 0.15) is 5.82 Å². The summed E-state index contributed by atoms with van der Waals surface area (Å²) in [6, 6.07) is 4.85. The maximum Gasteiger partial charge on any atom is 0.124 e. The standard InChI is InChI=1S/C14H18BrFO/c1-10-3-2-4-14(17,8-10)9-11-5-12(15)7-13(16)6-11/h5-7,10,17H,2-4,8-9H2,1H3. The third-order valence-electron chi connectivity index (χ3n) is 3.52. The zero-order valence-electron chi connectivity index (χ0n) is 10.0. The minimum atomic E-state index is -0.648. The van der Waals surface area contributed by atoms with Crippen molar-refractivity contribution < 1.29 is 9.50 Å². The van der Waals surface area contributed by atoms with Crippen LogP contribution in [0.4, 0.5) is 4.39 Å². The molecule has 94 valence electrons. The summed E-state index contributed by atoms with van der Waals surface area (Å²) in [7, 11) is 0. The van der Waals surface area contributed by atoms with Gasteiger partial charge in [0.2, 0.25) is 0 Å². The first-order valence-electron chi connectivity index (χ1n) is 6.14. The molecule has 0 spiro atoms. The van der Waals surface area contributed by atoms with Gasteiger partial charge in [-0.05, 0) is 42.5 Å². The lowest BCUT2D eigenvalue weighted by Gasteiger charge is -2.35. The molecule has 1 aromatic rings. The Balaban J connectivity index is 2.13.